The topological polar surface area (TPSA) is 49.7 Å². The van der Waals surface area contributed by atoms with Gasteiger partial charge in [0.25, 0.3) is 0 Å². The Morgan fingerprint density at radius 3 is 2.14 bits per heavy atom. The summed E-state index contributed by atoms with van der Waals surface area (Å²) in [5, 5.41) is 19.8. The molecule has 0 aliphatic rings. The van der Waals surface area contributed by atoms with Gasteiger partial charge in [0.05, 0.1) is 13.2 Å². The van der Waals surface area contributed by atoms with Gasteiger partial charge in [-0.3, -0.25) is 0 Å². The standard InChI is InChI=1S/C19H32O3/c1-3-4-5-6-7-8-9-10-11-12-17(20)16-13-14-18(21)19(15-16)22-2/h13-15,17,20-21H,3-12H2,1-2H3. The largest absolute Gasteiger partial charge is 0.504 e. The second kappa shape index (κ2) is 11.4. The molecule has 2 N–H and O–H groups in total. The molecule has 0 spiro atoms. The van der Waals surface area contributed by atoms with E-state index in [4.69, 9.17) is 4.74 Å². The zero-order chi connectivity index (χ0) is 16.2. The Morgan fingerprint density at radius 1 is 0.955 bits per heavy atom. The van der Waals surface area contributed by atoms with Crippen LogP contribution in [0, 0.1) is 0 Å². The minimum atomic E-state index is -0.473. The first-order valence-corrected chi connectivity index (χ1v) is 8.74. The maximum Gasteiger partial charge on any atom is 0.160 e. The van der Waals surface area contributed by atoms with Crippen LogP contribution in [0.3, 0.4) is 0 Å². The summed E-state index contributed by atoms with van der Waals surface area (Å²) in [7, 11) is 1.52. The number of unbranched alkanes of at least 4 members (excludes halogenated alkanes) is 8. The smallest absolute Gasteiger partial charge is 0.160 e. The molecule has 0 bridgehead atoms. The molecule has 1 unspecified atom stereocenters. The number of aliphatic hydroxyl groups is 1. The molecule has 0 fully saturated rings. The third kappa shape index (κ3) is 7.17. The molecule has 0 aliphatic heterocycles. The summed E-state index contributed by atoms with van der Waals surface area (Å²) < 4.78 is 5.07. The Labute approximate surface area is 135 Å². The molecule has 3 heteroatoms. The van der Waals surface area contributed by atoms with Crippen LogP contribution in [0.15, 0.2) is 18.2 Å². The van der Waals surface area contributed by atoms with Crippen molar-refractivity contribution >= 4 is 0 Å². The Kier molecular flexibility index (Phi) is 9.72. The first-order chi connectivity index (χ1) is 10.7. The fourth-order valence-electron chi connectivity index (χ4n) is 2.72. The van der Waals surface area contributed by atoms with Crippen molar-refractivity contribution in [2.45, 2.75) is 77.2 Å². The van der Waals surface area contributed by atoms with Crippen LogP contribution in [-0.4, -0.2) is 17.3 Å². The van der Waals surface area contributed by atoms with E-state index in [2.05, 4.69) is 6.92 Å². The zero-order valence-electron chi connectivity index (χ0n) is 14.2. The van der Waals surface area contributed by atoms with Crippen LogP contribution in [0.5, 0.6) is 11.5 Å². The van der Waals surface area contributed by atoms with Crippen LogP contribution in [0.2, 0.25) is 0 Å². The van der Waals surface area contributed by atoms with E-state index in [0.29, 0.717) is 5.75 Å². The van der Waals surface area contributed by atoms with Gasteiger partial charge in [0, 0.05) is 0 Å². The van der Waals surface area contributed by atoms with Gasteiger partial charge in [-0.2, -0.15) is 0 Å². The number of phenols is 1. The molecule has 0 amide bonds. The number of hydrogen-bond donors (Lipinski definition) is 2. The highest BCUT2D eigenvalue weighted by atomic mass is 16.5. The minimum Gasteiger partial charge on any atom is -0.504 e. The van der Waals surface area contributed by atoms with Gasteiger partial charge in [-0.15, -0.1) is 0 Å². The first-order valence-electron chi connectivity index (χ1n) is 8.74. The lowest BCUT2D eigenvalue weighted by atomic mass is 10.0. The van der Waals surface area contributed by atoms with Crippen LogP contribution in [-0.2, 0) is 0 Å². The number of methoxy groups -OCH3 is 1. The van der Waals surface area contributed by atoms with E-state index in [1.165, 1.54) is 58.5 Å². The maximum absolute atomic E-state index is 10.2. The molecular weight excluding hydrogens is 276 g/mol. The molecule has 126 valence electrons. The van der Waals surface area contributed by atoms with Gasteiger partial charge in [-0.05, 0) is 24.1 Å². The third-order valence-electron chi connectivity index (χ3n) is 4.17. The van der Waals surface area contributed by atoms with E-state index in [-0.39, 0.29) is 5.75 Å². The van der Waals surface area contributed by atoms with Gasteiger partial charge in [0.2, 0.25) is 0 Å². The van der Waals surface area contributed by atoms with Gasteiger partial charge in [0.1, 0.15) is 0 Å². The van der Waals surface area contributed by atoms with Crippen LogP contribution < -0.4 is 4.74 Å². The van der Waals surface area contributed by atoms with Crippen LogP contribution in [0.4, 0.5) is 0 Å². The molecule has 3 nitrogen and oxygen atoms in total. The van der Waals surface area contributed by atoms with Gasteiger partial charge in [-0.25, -0.2) is 0 Å². The summed E-state index contributed by atoms with van der Waals surface area (Å²) >= 11 is 0. The molecule has 0 aliphatic carbocycles. The number of benzene rings is 1. The molecule has 0 saturated heterocycles. The summed E-state index contributed by atoms with van der Waals surface area (Å²) in [4.78, 5) is 0. The summed E-state index contributed by atoms with van der Waals surface area (Å²) in [5.74, 6) is 0.533. The van der Waals surface area contributed by atoms with Crippen molar-refractivity contribution in [2.75, 3.05) is 7.11 Å². The quantitative estimate of drug-likeness (QED) is 0.511. The number of aliphatic hydroxyl groups excluding tert-OH is 1. The van der Waals surface area contributed by atoms with Crippen LogP contribution in [0.25, 0.3) is 0 Å². The molecule has 1 atom stereocenters. The number of phenolic OH excluding ortho intramolecular Hbond substituents is 1. The summed E-state index contributed by atoms with van der Waals surface area (Å²) in [5.41, 5.74) is 0.814. The fraction of sp³-hybridized carbons (Fsp3) is 0.684. The van der Waals surface area contributed by atoms with Crippen molar-refractivity contribution < 1.29 is 14.9 Å². The molecule has 0 heterocycles. The monoisotopic (exact) mass is 308 g/mol. The Bertz CT molecular complexity index is 404. The average Bonchev–Trinajstić information content (AvgIpc) is 2.53. The van der Waals surface area contributed by atoms with E-state index in [0.717, 1.165) is 18.4 Å². The first kappa shape index (κ1) is 18.8. The Balaban J connectivity index is 2.14. The van der Waals surface area contributed by atoms with Gasteiger partial charge in [0.15, 0.2) is 11.5 Å². The molecule has 0 radical (unpaired) electrons. The lowest BCUT2D eigenvalue weighted by Gasteiger charge is -2.13. The molecule has 1 rings (SSSR count). The second-order valence-electron chi connectivity index (χ2n) is 6.06. The molecule has 0 aromatic heterocycles. The Hall–Kier alpha value is -1.22. The van der Waals surface area contributed by atoms with Crippen LogP contribution in [0.1, 0.15) is 82.8 Å². The van der Waals surface area contributed by atoms with E-state index in [9.17, 15) is 10.2 Å². The van der Waals surface area contributed by atoms with Crippen molar-refractivity contribution in [1.82, 2.24) is 0 Å². The molecular formula is C19H32O3. The highest BCUT2D eigenvalue weighted by molar-refractivity contribution is 5.42. The lowest BCUT2D eigenvalue weighted by Crippen LogP contribution is -1.98. The molecule has 0 saturated carbocycles. The predicted octanol–water partition coefficient (Wildman–Crippen LogP) is 5.36. The summed E-state index contributed by atoms with van der Waals surface area (Å²) in [6.45, 7) is 2.25. The van der Waals surface area contributed by atoms with Gasteiger partial charge < -0.3 is 14.9 Å². The number of rotatable bonds is 12. The number of hydrogen-bond acceptors (Lipinski definition) is 3. The lowest BCUT2D eigenvalue weighted by molar-refractivity contribution is 0.163. The van der Waals surface area contributed by atoms with Gasteiger partial charge in [-0.1, -0.05) is 70.8 Å². The number of ether oxygens (including phenoxy) is 1. The Morgan fingerprint density at radius 2 is 1.55 bits per heavy atom. The average molecular weight is 308 g/mol. The van der Waals surface area contributed by atoms with Crippen molar-refractivity contribution in [2.24, 2.45) is 0 Å². The van der Waals surface area contributed by atoms with Crippen molar-refractivity contribution in [3.05, 3.63) is 23.8 Å². The zero-order valence-corrected chi connectivity index (χ0v) is 14.2. The second-order valence-corrected chi connectivity index (χ2v) is 6.06. The third-order valence-corrected chi connectivity index (χ3v) is 4.17. The molecule has 22 heavy (non-hydrogen) atoms. The fourth-order valence-corrected chi connectivity index (χ4v) is 2.72. The van der Waals surface area contributed by atoms with Crippen molar-refractivity contribution in [1.29, 1.82) is 0 Å². The van der Waals surface area contributed by atoms with E-state index in [1.807, 2.05) is 0 Å². The summed E-state index contributed by atoms with van der Waals surface area (Å²) in [6.07, 6.45) is 11.8. The van der Waals surface area contributed by atoms with E-state index >= 15 is 0 Å². The predicted molar refractivity (Wildman–Crippen MR) is 91.5 cm³/mol. The van der Waals surface area contributed by atoms with E-state index < -0.39 is 6.10 Å². The van der Waals surface area contributed by atoms with Crippen LogP contribution >= 0.6 is 0 Å². The summed E-state index contributed by atoms with van der Waals surface area (Å²) in [6, 6.07) is 5.05. The van der Waals surface area contributed by atoms with E-state index in [1.54, 1.807) is 18.2 Å². The van der Waals surface area contributed by atoms with Gasteiger partial charge >= 0.3 is 0 Å². The molecule has 1 aromatic carbocycles. The SMILES string of the molecule is CCCCCCCCCCCC(O)c1ccc(O)c(OC)c1. The molecule has 1 aromatic rings. The highest BCUT2D eigenvalue weighted by Crippen LogP contribution is 2.30. The number of aromatic hydroxyl groups is 1. The normalized spacial score (nSPS) is 12.3. The minimum absolute atomic E-state index is 0.113. The highest BCUT2D eigenvalue weighted by Gasteiger charge is 2.10. The maximum atomic E-state index is 10.2. The van der Waals surface area contributed by atoms with Crippen molar-refractivity contribution in [3.8, 4) is 11.5 Å². The van der Waals surface area contributed by atoms with Crippen molar-refractivity contribution in [3.63, 3.8) is 0 Å².